The third-order valence-corrected chi connectivity index (χ3v) is 3.33. The molecule has 0 saturated heterocycles. The van der Waals surface area contributed by atoms with Gasteiger partial charge in [0.05, 0.1) is 0 Å². The molecule has 17 heavy (non-hydrogen) atoms. The highest BCUT2D eigenvalue weighted by Gasteiger charge is 2.03. The maximum atomic E-state index is 12.8. The summed E-state index contributed by atoms with van der Waals surface area (Å²) in [5.74, 6) is 0.637. The van der Waals surface area contributed by atoms with Crippen molar-refractivity contribution in [3.8, 4) is 0 Å². The Morgan fingerprint density at radius 2 is 2.06 bits per heavy atom. The van der Waals surface area contributed by atoms with Crippen molar-refractivity contribution in [3.05, 3.63) is 48.0 Å². The van der Waals surface area contributed by atoms with Crippen molar-refractivity contribution < 1.29 is 4.39 Å². The van der Waals surface area contributed by atoms with Crippen molar-refractivity contribution in [2.45, 2.75) is 11.7 Å². The molecule has 5 heteroatoms. The van der Waals surface area contributed by atoms with Crippen LogP contribution in [0.2, 0.25) is 0 Å². The van der Waals surface area contributed by atoms with Crippen molar-refractivity contribution in [1.29, 1.82) is 0 Å². The Bertz CT molecular complexity index is 467. The summed E-state index contributed by atoms with van der Waals surface area (Å²) in [5, 5.41) is 0.944. The minimum atomic E-state index is -0.211. The number of hydrogen-bond donors (Lipinski definition) is 1. The van der Waals surface area contributed by atoms with E-state index in [9.17, 15) is 4.39 Å². The van der Waals surface area contributed by atoms with E-state index >= 15 is 0 Å². The molecule has 3 nitrogen and oxygen atoms in total. The number of imidazole rings is 1. The van der Waals surface area contributed by atoms with Gasteiger partial charge < -0.3 is 10.3 Å². The first-order chi connectivity index (χ1) is 8.29. The second-order valence-electron chi connectivity index (χ2n) is 3.60. The maximum absolute atomic E-state index is 12.8. The van der Waals surface area contributed by atoms with Crippen LogP contribution in [0, 0.1) is 5.82 Å². The molecule has 0 aliphatic heterocycles. The lowest BCUT2D eigenvalue weighted by molar-refractivity contribution is 0.625. The maximum Gasteiger partial charge on any atom is 0.168 e. The summed E-state index contributed by atoms with van der Waals surface area (Å²) in [4.78, 5) is 4.26. The van der Waals surface area contributed by atoms with Crippen LogP contribution in [0.1, 0.15) is 5.56 Å². The number of nitrogens with two attached hydrogens (primary N) is 1. The van der Waals surface area contributed by atoms with Gasteiger partial charge in [0, 0.05) is 31.2 Å². The zero-order valence-corrected chi connectivity index (χ0v) is 10.2. The van der Waals surface area contributed by atoms with Gasteiger partial charge in [-0.1, -0.05) is 23.9 Å². The van der Waals surface area contributed by atoms with E-state index in [1.807, 2.05) is 10.8 Å². The van der Waals surface area contributed by atoms with Crippen LogP contribution in [-0.2, 0) is 6.54 Å². The standard InChI is InChI=1S/C12H14FN3S/c13-11-3-1-10(2-4-11)9-16-7-6-15-12(16)17-8-5-14/h1-4,6-7H,5,8-9,14H2. The molecular formula is C12H14FN3S. The zero-order chi connectivity index (χ0) is 12.1. The van der Waals surface area contributed by atoms with E-state index in [4.69, 9.17) is 5.73 Å². The van der Waals surface area contributed by atoms with Gasteiger partial charge in [-0.3, -0.25) is 0 Å². The van der Waals surface area contributed by atoms with E-state index in [0.717, 1.165) is 16.5 Å². The number of halogens is 1. The highest BCUT2D eigenvalue weighted by molar-refractivity contribution is 7.99. The normalized spacial score (nSPS) is 10.7. The molecule has 2 N–H and O–H groups in total. The molecule has 0 saturated carbocycles. The number of thioether (sulfide) groups is 1. The Kier molecular flexibility index (Phi) is 4.17. The second-order valence-corrected chi connectivity index (χ2v) is 4.66. The molecular weight excluding hydrogens is 237 g/mol. The van der Waals surface area contributed by atoms with E-state index in [0.29, 0.717) is 13.1 Å². The summed E-state index contributed by atoms with van der Waals surface area (Å²) in [6.07, 6.45) is 3.69. The molecule has 0 aliphatic rings. The van der Waals surface area contributed by atoms with Gasteiger partial charge in [-0.25, -0.2) is 9.37 Å². The van der Waals surface area contributed by atoms with Crippen LogP contribution in [0.3, 0.4) is 0 Å². The second kappa shape index (κ2) is 5.84. The molecule has 1 heterocycles. The minimum Gasteiger partial charge on any atom is -0.330 e. The molecule has 0 amide bonds. The largest absolute Gasteiger partial charge is 0.330 e. The molecule has 0 atom stereocenters. The number of rotatable bonds is 5. The SMILES string of the molecule is NCCSc1nccn1Cc1ccc(F)cc1. The Labute approximate surface area is 104 Å². The number of hydrogen-bond acceptors (Lipinski definition) is 3. The van der Waals surface area contributed by atoms with Gasteiger partial charge in [0.2, 0.25) is 0 Å². The summed E-state index contributed by atoms with van der Waals surface area (Å²) >= 11 is 1.63. The van der Waals surface area contributed by atoms with Crippen LogP contribution in [0.5, 0.6) is 0 Å². The highest BCUT2D eigenvalue weighted by Crippen LogP contribution is 2.16. The Hall–Kier alpha value is -1.33. The van der Waals surface area contributed by atoms with E-state index < -0.39 is 0 Å². The molecule has 2 rings (SSSR count). The third kappa shape index (κ3) is 3.31. The Balaban J connectivity index is 2.07. The van der Waals surface area contributed by atoms with Crippen molar-refractivity contribution >= 4 is 11.8 Å². The molecule has 0 aliphatic carbocycles. The summed E-state index contributed by atoms with van der Waals surface area (Å²) in [5.41, 5.74) is 6.52. The van der Waals surface area contributed by atoms with Gasteiger partial charge in [-0.2, -0.15) is 0 Å². The average Bonchev–Trinajstić information content (AvgIpc) is 2.77. The van der Waals surface area contributed by atoms with Crippen LogP contribution >= 0.6 is 11.8 Å². The van der Waals surface area contributed by atoms with Crippen molar-refractivity contribution in [1.82, 2.24) is 9.55 Å². The molecule has 0 bridgehead atoms. The molecule has 90 valence electrons. The number of aromatic nitrogens is 2. The fourth-order valence-corrected chi connectivity index (χ4v) is 2.22. The average molecular weight is 251 g/mol. The van der Waals surface area contributed by atoms with Gasteiger partial charge >= 0.3 is 0 Å². The fourth-order valence-electron chi connectivity index (χ4n) is 1.49. The van der Waals surface area contributed by atoms with Gasteiger partial charge in [-0.05, 0) is 17.7 Å². The number of nitrogens with zero attached hydrogens (tertiary/aromatic N) is 2. The van der Waals surface area contributed by atoms with E-state index in [1.54, 1.807) is 30.1 Å². The van der Waals surface area contributed by atoms with Crippen molar-refractivity contribution in [2.24, 2.45) is 5.73 Å². The Morgan fingerprint density at radius 1 is 1.29 bits per heavy atom. The first kappa shape index (κ1) is 12.1. The smallest absolute Gasteiger partial charge is 0.168 e. The van der Waals surface area contributed by atoms with E-state index in [1.165, 1.54) is 12.1 Å². The fraction of sp³-hybridized carbons (Fsp3) is 0.250. The molecule has 2 aromatic rings. The van der Waals surface area contributed by atoms with E-state index in [-0.39, 0.29) is 5.82 Å². The van der Waals surface area contributed by atoms with Crippen LogP contribution in [0.4, 0.5) is 4.39 Å². The first-order valence-corrected chi connectivity index (χ1v) is 6.36. The predicted octanol–water partition coefficient (Wildman–Crippen LogP) is 2.12. The molecule has 0 spiro atoms. The van der Waals surface area contributed by atoms with Gasteiger partial charge in [-0.15, -0.1) is 0 Å². The number of benzene rings is 1. The van der Waals surface area contributed by atoms with Gasteiger partial charge in [0.1, 0.15) is 5.82 Å². The van der Waals surface area contributed by atoms with Crippen molar-refractivity contribution in [2.75, 3.05) is 12.3 Å². The van der Waals surface area contributed by atoms with Gasteiger partial charge in [0.25, 0.3) is 0 Å². The zero-order valence-electron chi connectivity index (χ0n) is 9.34. The lowest BCUT2D eigenvalue weighted by Crippen LogP contribution is -2.04. The van der Waals surface area contributed by atoms with Crippen molar-refractivity contribution in [3.63, 3.8) is 0 Å². The Morgan fingerprint density at radius 3 is 2.76 bits per heavy atom. The monoisotopic (exact) mass is 251 g/mol. The molecule has 0 fully saturated rings. The van der Waals surface area contributed by atoms with Crippen LogP contribution in [0.15, 0.2) is 41.8 Å². The molecule has 1 aromatic carbocycles. The lowest BCUT2D eigenvalue weighted by Gasteiger charge is -2.07. The summed E-state index contributed by atoms with van der Waals surface area (Å²) in [6, 6.07) is 6.51. The van der Waals surface area contributed by atoms with Gasteiger partial charge in [0.15, 0.2) is 5.16 Å². The van der Waals surface area contributed by atoms with Crippen LogP contribution in [-0.4, -0.2) is 21.8 Å². The first-order valence-electron chi connectivity index (χ1n) is 5.38. The highest BCUT2D eigenvalue weighted by atomic mass is 32.2. The van der Waals surface area contributed by atoms with Crippen LogP contribution in [0.25, 0.3) is 0 Å². The molecule has 0 unspecified atom stereocenters. The molecule has 1 aromatic heterocycles. The molecule has 0 radical (unpaired) electrons. The summed E-state index contributed by atoms with van der Waals surface area (Å²) in [7, 11) is 0. The topological polar surface area (TPSA) is 43.8 Å². The van der Waals surface area contributed by atoms with E-state index in [2.05, 4.69) is 4.98 Å². The minimum absolute atomic E-state index is 0.211. The quantitative estimate of drug-likeness (QED) is 0.828. The predicted molar refractivity (Wildman–Crippen MR) is 67.5 cm³/mol. The summed E-state index contributed by atoms with van der Waals surface area (Å²) in [6.45, 7) is 1.33. The lowest BCUT2D eigenvalue weighted by atomic mass is 10.2. The third-order valence-electron chi connectivity index (χ3n) is 2.29. The van der Waals surface area contributed by atoms with Crippen LogP contribution < -0.4 is 5.73 Å². The summed E-state index contributed by atoms with van der Waals surface area (Å²) < 4.78 is 14.8.